The van der Waals surface area contributed by atoms with Gasteiger partial charge in [-0.25, -0.2) is 0 Å². The molecule has 1 fully saturated rings. The van der Waals surface area contributed by atoms with Gasteiger partial charge in [0.2, 0.25) is 0 Å². The van der Waals surface area contributed by atoms with Crippen LogP contribution in [0.25, 0.3) is 0 Å². The van der Waals surface area contributed by atoms with Crippen molar-refractivity contribution in [3.8, 4) is 0 Å². The SMILES string of the molecule is CSc1ccc(C(=O)N2CCN(Cc3ccccc3)CC2)cc1. The number of hydrogen-bond acceptors (Lipinski definition) is 3. The maximum Gasteiger partial charge on any atom is 0.253 e. The Morgan fingerprint density at radius 3 is 2.22 bits per heavy atom. The Balaban J connectivity index is 1.54. The van der Waals surface area contributed by atoms with E-state index in [-0.39, 0.29) is 5.91 Å². The van der Waals surface area contributed by atoms with E-state index >= 15 is 0 Å². The predicted octanol–water partition coefficient (Wildman–Crippen LogP) is 3.37. The van der Waals surface area contributed by atoms with E-state index < -0.39 is 0 Å². The zero-order valence-corrected chi connectivity index (χ0v) is 14.3. The van der Waals surface area contributed by atoms with E-state index in [1.165, 1.54) is 10.5 Å². The molecule has 0 aromatic heterocycles. The number of carbonyl (C=O) groups excluding carboxylic acids is 1. The van der Waals surface area contributed by atoms with Crippen LogP contribution in [0.3, 0.4) is 0 Å². The smallest absolute Gasteiger partial charge is 0.253 e. The van der Waals surface area contributed by atoms with Gasteiger partial charge in [0.15, 0.2) is 0 Å². The molecule has 2 aromatic rings. The molecule has 4 heteroatoms. The van der Waals surface area contributed by atoms with E-state index in [0.717, 1.165) is 38.3 Å². The first-order valence-corrected chi connectivity index (χ1v) is 9.18. The first-order chi connectivity index (χ1) is 11.3. The Kier molecular flexibility index (Phi) is 5.36. The molecule has 1 amide bonds. The second kappa shape index (κ2) is 7.66. The lowest BCUT2D eigenvalue weighted by Crippen LogP contribution is -2.48. The maximum atomic E-state index is 12.6. The molecule has 3 rings (SSSR count). The second-order valence-corrected chi connectivity index (χ2v) is 6.66. The summed E-state index contributed by atoms with van der Waals surface area (Å²) in [7, 11) is 0. The topological polar surface area (TPSA) is 23.6 Å². The molecule has 2 aromatic carbocycles. The van der Waals surface area contributed by atoms with E-state index in [1.54, 1.807) is 11.8 Å². The highest BCUT2D eigenvalue weighted by molar-refractivity contribution is 7.98. The minimum atomic E-state index is 0.150. The highest BCUT2D eigenvalue weighted by Crippen LogP contribution is 2.17. The van der Waals surface area contributed by atoms with Gasteiger partial charge in [-0.15, -0.1) is 11.8 Å². The Bertz CT molecular complexity index is 634. The van der Waals surface area contributed by atoms with E-state index in [0.29, 0.717) is 0 Å². The number of carbonyl (C=O) groups is 1. The van der Waals surface area contributed by atoms with Gasteiger partial charge in [-0.1, -0.05) is 30.3 Å². The Morgan fingerprint density at radius 2 is 1.61 bits per heavy atom. The largest absolute Gasteiger partial charge is 0.336 e. The lowest BCUT2D eigenvalue weighted by molar-refractivity contribution is 0.0628. The van der Waals surface area contributed by atoms with Gasteiger partial charge in [-0.3, -0.25) is 9.69 Å². The average molecular weight is 326 g/mol. The quantitative estimate of drug-likeness (QED) is 0.805. The van der Waals surface area contributed by atoms with Crippen LogP contribution in [0.4, 0.5) is 0 Å². The van der Waals surface area contributed by atoms with Gasteiger partial charge in [0.25, 0.3) is 5.91 Å². The molecule has 0 radical (unpaired) electrons. The fraction of sp³-hybridized carbons (Fsp3) is 0.316. The first-order valence-electron chi connectivity index (χ1n) is 7.96. The fourth-order valence-electron chi connectivity index (χ4n) is 2.87. The number of nitrogens with zero attached hydrogens (tertiary/aromatic N) is 2. The summed E-state index contributed by atoms with van der Waals surface area (Å²) in [4.78, 5) is 18.1. The lowest BCUT2D eigenvalue weighted by Gasteiger charge is -2.34. The second-order valence-electron chi connectivity index (χ2n) is 5.78. The van der Waals surface area contributed by atoms with Crippen molar-refractivity contribution in [2.75, 3.05) is 32.4 Å². The van der Waals surface area contributed by atoms with Crippen LogP contribution in [0, 0.1) is 0 Å². The van der Waals surface area contributed by atoms with Crippen molar-refractivity contribution in [2.45, 2.75) is 11.4 Å². The molecule has 120 valence electrons. The monoisotopic (exact) mass is 326 g/mol. The third-order valence-electron chi connectivity index (χ3n) is 4.25. The molecular formula is C19H22N2OS. The van der Waals surface area contributed by atoms with Gasteiger partial charge in [-0.05, 0) is 36.1 Å². The molecule has 0 saturated carbocycles. The van der Waals surface area contributed by atoms with Crippen molar-refractivity contribution in [1.29, 1.82) is 0 Å². The minimum absolute atomic E-state index is 0.150. The third-order valence-corrected chi connectivity index (χ3v) is 4.99. The van der Waals surface area contributed by atoms with Crippen LogP contribution in [0.5, 0.6) is 0 Å². The summed E-state index contributed by atoms with van der Waals surface area (Å²) in [6.07, 6.45) is 2.04. The van der Waals surface area contributed by atoms with Crippen molar-refractivity contribution in [3.05, 3.63) is 65.7 Å². The molecule has 1 aliphatic rings. The van der Waals surface area contributed by atoms with Gasteiger partial charge < -0.3 is 4.90 Å². The van der Waals surface area contributed by atoms with Crippen LogP contribution in [-0.2, 0) is 6.54 Å². The maximum absolute atomic E-state index is 12.6. The van der Waals surface area contributed by atoms with Crippen LogP contribution >= 0.6 is 11.8 Å². The molecule has 1 heterocycles. The molecule has 0 unspecified atom stereocenters. The van der Waals surface area contributed by atoms with Crippen LogP contribution in [0.1, 0.15) is 15.9 Å². The molecule has 3 nitrogen and oxygen atoms in total. The van der Waals surface area contributed by atoms with Gasteiger partial charge in [-0.2, -0.15) is 0 Å². The van der Waals surface area contributed by atoms with Gasteiger partial charge >= 0.3 is 0 Å². The van der Waals surface area contributed by atoms with E-state index in [9.17, 15) is 4.79 Å². The molecule has 0 aliphatic carbocycles. The molecule has 0 atom stereocenters. The number of rotatable bonds is 4. The molecule has 23 heavy (non-hydrogen) atoms. The summed E-state index contributed by atoms with van der Waals surface area (Å²) in [6.45, 7) is 4.43. The number of thioether (sulfide) groups is 1. The third kappa shape index (κ3) is 4.15. The molecule has 0 N–H and O–H groups in total. The Morgan fingerprint density at radius 1 is 0.957 bits per heavy atom. The highest BCUT2D eigenvalue weighted by Gasteiger charge is 2.22. The summed E-state index contributed by atoms with van der Waals surface area (Å²) >= 11 is 1.69. The van der Waals surface area contributed by atoms with Crippen molar-refractivity contribution in [1.82, 2.24) is 9.80 Å². The van der Waals surface area contributed by atoms with E-state index in [1.807, 2.05) is 41.5 Å². The van der Waals surface area contributed by atoms with E-state index in [2.05, 4.69) is 29.2 Å². The number of hydrogen-bond donors (Lipinski definition) is 0. The lowest BCUT2D eigenvalue weighted by atomic mass is 10.1. The normalized spacial score (nSPS) is 15.6. The Hall–Kier alpha value is -1.78. The standard InChI is InChI=1S/C19H22N2OS/c1-23-18-9-7-17(8-10-18)19(22)21-13-11-20(12-14-21)15-16-5-3-2-4-6-16/h2-10H,11-15H2,1H3. The van der Waals surface area contributed by atoms with Gasteiger partial charge in [0, 0.05) is 43.2 Å². The highest BCUT2D eigenvalue weighted by atomic mass is 32.2. The molecule has 0 spiro atoms. The molecule has 1 aliphatic heterocycles. The number of benzene rings is 2. The van der Waals surface area contributed by atoms with Crippen molar-refractivity contribution < 1.29 is 4.79 Å². The average Bonchev–Trinajstić information content (AvgIpc) is 2.63. The number of piperazine rings is 1. The summed E-state index contributed by atoms with van der Waals surface area (Å²) < 4.78 is 0. The van der Waals surface area contributed by atoms with Gasteiger partial charge in [0.1, 0.15) is 0 Å². The predicted molar refractivity (Wildman–Crippen MR) is 95.8 cm³/mol. The summed E-state index contributed by atoms with van der Waals surface area (Å²) in [5.74, 6) is 0.150. The summed E-state index contributed by atoms with van der Waals surface area (Å²) in [6, 6.07) is 18.4. The minimum Gasteiger partial charge on any atom is -0.336 e. The fourth-order valence-corrected chi connectivity index (χ4v) is 3.28. The summed E-state index contributed by atoms with van der Waals surface area (Å²) in [5.41, 5.74) is 2.12. The van der Waals surface area contributed by atoms with Crippen LogP contribution in [0.15, 0.2) is 59.5 Å². The van der Waals surface area contributed by atoms with Crippen molar-refractivity contribution in [2.24, 2.45) is 0 Å². The van der Waals surface area contributed by atoms with Crippen LogP contribution in [-0.4, -0.2) is 48.1 Å². The molecule has 1 saturated heterocycles. The number of amides is 1. The zero-order chi connectivity index (χ0) is 16.1. The Labute approximate surface area is 142 Å². The van der Waals surface area contributed by atoms with Crippen LogP contribution < -0.4 is 0 Å². The zero-order valence-electron chi connectivity index (χ0n) is 13.4. The van der Waals surface area contributed by atoms with E-state index in [4.69, 9.17) is 0 Å². The van der Waals surface area contributed by atoms with Gasteiger partial charge in [0.05, 0.1) is 0 Å². The molecule has 0 bridgehead atoms. The van der Waals surface area contributed by atoms with Crippen molar-refractivity contribution >= 4 is 17.7 Å². The van der Waals surface area contributed by atoms with Crippen molar-refractivity contribution in [3.63, 3.8) is 0 Å². The van der Waals surface area contributed by atoms with Crippen LogP contribution in [0.2, 0.25) is 0 Å². The summed E-state index contributed by atoms with van der Waals surface area (Å²) in [5, 5.41) is 0. The first kappa shape index (κ1) is 16.1. The molecular weight excluding hydrogens is 304 g/mol.